The predicted octanol–water partition coefficient (Wildman–Crippen LogP) is 3.26. The summed E-state index contributed by atoms with van der Waals surface area (Å²) >= 11 is 1.60. The largest absolute Gasteiger partial charge is 0.496 e. The van der Waals surface area contributed by atoms with Crippen molar-refractivity contribution in [2.24, 2.45) is 5.73 Å². The minimum absolute atomic E-state index is 0.0765. The van der Waals surface area contributed by atoms with E-state index in [1.807, 2.05) is 43.3 Å². The van der Waals surface area contributed by atoms with E-state index in [9.17, 15) is 0 Å². The molecule has 1 aromatic heterocycles. The van der Waals surface area contributed by atoms with Gasteiger partial charge in [0.2, 0.25) is 0 Å². The second-order valence-corrected chi connectivity index (χ2v) is 4.99. The number of ether oxygens (including phenoxy) is 1. The van der Waals surface area contributed by atoms with Crippen LogP contribution in [0.15, 0.2) is 52.5 Å². The first-order valence-electron chi connectivity index (χ1n) is 5.73. The van der Waals surface area contributed by atoms with Gasteiger partial charge in [-0.3, -0.25) is 0 Å². The zero-order chi connectivity index (χ0) is 13.0. The van der Waals surface area contributed by atoms with Gasteiger partial charge in [0.25, 0.3) is 0 Å². The lowest BCUT2D eigenvalue weighted by Crippen LogP contribution is -2.08. The summed E-state index contributed by atoms with van der Waals surface area (Å²) in [5.74, 6) is 0.825. The van der Waals surface area contributed by atoms with Crippen LogP contribution in [0.1, 0.15) is 18.5 Å². The average molecular weight is 260 g/mol. The molecule has 0 unspecified atom stereocenters. The molecule has 2 N–H and O–H groups in total. The first-order valence-corrected chi connectivity index (χ1v) is 6.55. The van der Waals surface area contributed by atoms with E-state index < -0.39 is 0 Å². The number of hydrogen-bond acceptors (Lipinski definition) is 4. The molecular weight excluding hydrogens is 244 g/mol. The summed E-state index contributed by atoms with van der Waals surface area (Å²) in [4.78, 5) is 5.40. The van der Waals surface area contributed by atoms with Gasteiger partial charge in [-0.2, -0.15) is 0 Å². The molecule has 2 aromatic rings. The molecule has 1 atom stereocenters. The van der Waals surface area contributed by atoms with Gasteiger partial charge in [0.15, 0.2) is 0 Å². The summed E-state index contributed by atoms with van der Waals surface area (Å²) in [7, 11) is 1.66. The summed E-state index contributed by atoms with van der Waals surface area (Å²) in [6, 6.07) is 11.7. The van der Waals surface area contributed by atoms with Crippen molar-refractivity contribution in [2.45, 2.75) is 22.9 Å². The maximum absolute atomic E-state index is 6.03. The topological polar surface area (TPSA) is 48.1 Å². The van der Waals surface area contributed by atoms with Crippen LogP contribution in [0, 0.1) is 0 Å². The second-order valence-electron chi connectivity index (χ2n) is 3.93. The van der Waals surface area contributed by atoms with Crippen LogP contribution in [0.5, 0.6) is 5.75 Å². The van der Waals surface area contributed by atoms with Gasteiger partial charge in [0, 0.05) is 22.7 Å². The molecule has 0 saturated heterocycles. The maximum Gasteiger partial charge on any atom is 0.124 e. The Kier molecular flexibility index (Phi) is 4.23. The summed E-state index contributed by atoms with van der Waals surface area (Å²) in [6.07, 6.45) is 1.79. The first-order chi connectivity index (χ1) is 8.72. The minimum Gasteiger partial charge on any atom is -0.496 e. The molecule has 2 rings (SSSR count). The van der Waals surface area contributed by atoms with Gasteiger partial charge in [0.1, 0.15) is 10.8 Å². The number of rotatable bonds is 4. The van der Waals surface area contributed by atoms with Crippen LogP contribution >= 0.6 is 11.8 Å². The molecule has 0 aliphatic carbocycles. The van der Waals surface area contributed by atoms with E-state index >= 15 is 0 Å². The van der Waals surface area contributed by atoms with Gasteiger partial charge < -0.3 is 10.5 Å². The van der Waals surface area contributed by atoms with Crippen molar-refractivity contribution in [3.05, 3.63) is 48.2 Å². The van der Waals surface area contributed by atoms with Crippen LogP contribution in [0.2, 0.25) is 0 Å². The molecule has 0 fully saturated rings. The van der Waals surface area contributed by atoms with E-state index in [1.165, 1.54) is 0 Å². The Balaban J connectivity index is 2.38. The van der Waals surface area contributed by atoms with Gasteiger partial charge >= 0.3 is 0 Å². The Morgan fingerprint density at radius 2 is 2.06 bits per heavy atom. The van der Waals surface area contributed by atoms with Crippen molar-refractivity contribution in [3.63, 3.8) is 0 Å². The fourth-order valence-electron chi connectivity index (χ4n) is 1.76. The molecule has 1 aromatic carbocycles. The zero-order valence-electron chi connectivity index (χ0n) is 10.5. The van der Waals surface area contributed by atoms with E-state index in [0.29, 0.717) is 0 Å². The third-order valence-corrected chi connectivity index (χ3v) is 3.58. The smallest absolute Gasteiger partial charge is 0.124 e. The van der Waals surface area contributed by atoms with Crippen LogP contribution in [0.25, 0.3) is 0 Å². The third-order valence-electron chi connectivity index (χ3n) is 2.55. The van der Waals surface area contributed by atoms with E-state index in [-0.39, 0.29) is 6.04 Å². The van der Waals surface area contributed by atoms with Crippen LogP contribution in [0.4, 0.5) is 0 Å². The van der Waals surface area contributed by atoms with Gasteiger partial charge in [-0.1, -0.05) is 23.9 Å². The van der Waals surface area contributed by atoms with Crippen molar-refractivity contribution in [1.82, 2.24) is 4.98 Å². The molecule has 0 amide bonds. The molecule has 0 aliphatic rings. The van der Waals surface area contributed by atoms with Crippen molar-refractivity contribution >= 4 is 11.8 Å². The van der Waals surface area contributed by atoms with E-state index in [0.717, 1.165) is 21.2 Å². The number of nitrogens with zero attached hydrogens (tertiary/aromatic N) is 1. The fourth-order valence-corrected chi connectivity index (χ4v) is 2.79. The number of benzene rings is 1. The fraction of sp³-hybridized carbons (Fsp3) is 0.214. The SMILES string of the molecule is COc1cccc(Sc2ccccn2)c1[C@@H](C)N. The van der Waals surface area contributed by atoms with Crippen molar-refractivity contribution in [1.29, 1.82) is 0 Å². The van der Waals surface area contributed by atoms with Gasteiger partial charge in [-0.05, 0) is 31.2 Å². The summed E-state index contributed by atoms with van der Waals surface area (Å²) in [5, 5.41) is 0.952. The van der Waals surface area contributed by atoms with Gasteiger partial charge in [-0.15, -0.1) is 0 Å². The van der Waals surface area contributed by atoms with Gasteiger partial charge in [0.05, 0.1) is 7.11 Å². The summed E-state index contributed by atoms with van der Waals surface area (Å²) in [6.45, 7) is 1.96. The van der Waals surface area contributed by atoms with E-state index in [4.69, 9.17) is 10.5 Å². The quantitative estimate of drug-likeness (QED) is 0.916. The third kappa shape index (κ3) is 2.83. The van der Waals surface area contributed by atoms with Crippen LogP contribution in [0.3, 0.4) is 0 Å². The van der Waals surface area contributed by atoms with E-state index in [1.54, 1.807) is 25.1 Å². The zero-order valence-corrected chi connectivity index (χ0v) is 11.3. The molecule has 94 valence electrons. The molecule has 1 heterocycles. The summed E-state index contributed by atoms with van der Waals surface area (Å²) < 4.78 is 5.37. The highest BCUT2D eigenvalue weighted by molar-refractivity contribution is 7.99. The Hall–Kier alpha value is -1.52. The lowest BCUT2D eigenvalue weighted by atomic mass is 10.1. The number of methoxy groups -OCH3 is 1. The predicted molar refractivity (Wildman–Crippen MR) is 74.0 cm³/mol. The standard InChI is InChI=1S/C14H16N2OS/c1-10(15)14-11(17-2)6-5-7-12(14)18-13-8-3-4-9-16-13/h3-10H,15H2,1-2H3/t10-/m1/s1. The number of pyridine rings is 1. The Morgan fingerprint density at radius 1 is 1.22 bits per heavy atom. The second kappa shape index (κ2) is 5.89. The maximum atomic E-state index is 6.03. The molecule has 4 heteroatoms. The van der Waals surface area contributed by atoms with Crippen molar-refractivity contribution in [2.75, 3.05) is 7.11 Å². The van der Waals surface area contributed by atoms with Crippen LogP contribution in [-0.2, 0) is 0 Å². The highest BCUT2D eigenvalue weighted by atomic mass is 32.2. The molecule has 18 heavy (non-hydrogen) atoms. The lowest BCUT2D eigenvalue weighted by Gasteiger charge is -2.16. The molecule has 0 radical (unpaired) electrons. The molecule has 0 spiro atoms. The molecular formula is C14H16N2OS. The minimum atomic E-state index is -0.0765. The highest BCUT2D eigenvalue weighted by Crippen LogP contribution is 2.36. The lowest BCUT2D eigenvalue weighted by molar-refractivity contribution is 0.405. The normalized spacial score (nSPS) is 12.2. The first kappa shape index (κ1) is 12.9. The molecule has 3 nitrogen and oxygen atoms in total. The van der Waals surface area contributed by atoms with E-state index in [2.05, 4.69) is 4.98 Å². The average Bonchev–Trinajstić information content (AvgIpc) is 2.39. The van der Waals surface area contributed by atoms with Crippen molar-refractivity contribution < 1.29 is 4.74 Å². The Morgan fingerprint density at radius 3 is 2.67 bits per heavy atom. The number of hydrogen-bond donors (Lipinski definition) is 1. The molecule has 0 aliphatic heterocycles. The van der Waals surface area contributed by atoms with Gasteiger partial charge in [-0.25, -0.2) is 4.98 Å². The Labute approximate surface area is 111 Å². The molecule has 0 bridgehead atoms. The van der Waals surface area contributed by atoms with Crippen LogP contribution in [-0.4, -0.2) is 12.1 Å². The number of aromatic nitrogens is 1. The monoisotopic (exact) mass is 260 g/mol. The van der Waals surface area contributed by atoms with Crippen LogP contribution < -0.4 is 10.5 Å². The number of nitrogens with two attached hydrogens (primary N) is 1. The summed E-state index contributed by atoms with van der Waals surface area (Å²) in [5.41, 5.74) is 7.05. The highest BCUT2D eigenvalue weighted by Gasteiger charge is 2.14. The Bertz CT molecular complexity index is 514. The molecule has 0 saturated carbocycles. The van der Waals surface area contributed by atoms with Crippen molar-refractivity contribution in [3.8, 4) is 5.75 Å².